The molecule has 0 bridgehead atoms. The number of hydrogen-bond acceptors (Lipinski definition) is 5. The summed E-state index contributed by atoms with van der Waals surface area (Å²) < 4.78 is 54.8. The summed E-state index contributed by atoms with van der Waals surface area (Å²) >= 11 is 0. The number of imidazole rings is 1. The summed E-state index contributed by atoms with van der Waals surface area (Å²) in [6, 6.07) is 9.27. The number of hydrogen-bond donors (Lipinski definition) is 1. The maximum Gasteiger partial charge on any atom is 0.245 e. The predicted molar refractivity (Wildman–Crippen MR) is 101 cm³/mol. The quantitative estimate of drug-likeness (QED) is 0.654. The van der Waals surface area contributed by atoms with Crippen molar-refractivity contribution in [1.82, 2.24) is 14.3 Å². The molecule has 3 aromatic rings. The van der Waals surface area contributed by atoms with Crippen LogP contribution in [0, 0.1) is 5.82 Å². The maximum absolute atomic E-state index is 13.8. The molecule has 0 amide bonds. The van der Waals surface area contributed by atoms with Gasteiger partial charge in [-0.15, -0.1) is 0 Å². The van der Waals surface area contributed by atoms with Gasteiger partial charge in [0.1, 0.15) is 34.1 Å². The third-order valence-corrected chi connectivity index (χ3v) is 5.68. The number of sulfonamides is 1. The summed E-state index contributed by atoms with van der Waals surface area (Å²) in [5.74, 6) is 0.456. The first kappa shape index (κ1) is 19.8. The Balaban J connectivity index is 2.09. The Kier molecular flexibility index (Phi) is 5.66. The molecule has 1 heterocycles. The minimum absolute atomic E-state index is 0.0926. The van der Waals surface area contributed by atoms with Crippen LogP contribution in [-0.4, -0.2) is 32.2 Å². The van der Waals surface area contributed by atoms with E-state index in [0.29, 0.717) is 17.1 Å². The van der Waals surface area contributed by atoms with Gasteiger partial charge < -0.3 is 14.0 Å². The number of halogens is 1. The Morgan fingerprint density at radius 2 is 1.93 bits per heavy atom. The lowest BCUT2D eigenvalue weighted by molar-refractivity contribution is 0.391. The molecule has 1 atom stereocenters. The zero-order valence-corrected chi connectivity index (χ0v) is 16.4. The third kappa shape index (κ3) is 4.00. The first-order chi connectivity index (χ1) is 13.4. The minimum Gasteiger partial charge on any atom is -0.497 e. The van der Waals surface area contributed by atoms with Gasteiger partial charge in [-0.05, 0) is 29.8 Å². The van der Waals surface area contributed by atoms with E-state index in [2.05, 4.69) is 9.71 Å². The Morgan fingerprint density at radius 3 is 2.54 bits per heavy atom. The summed E-state index contributed by atoms with van der Waals surface area (Å²) in [4.78, 5) is 4.14. The topological polar surface area (TPSA) is 82.4 Å². The summed E-state index contributed by atoms with van der Waals surface area (Å²) in [7, 11) is 0.480. The number of ether oxygens (including phenoxy) is 2. The molecule has 7 nitrogen and oxygen atoms in total. The highest BCUT2D eigenvalue weighted by Gasteiger charge is 2.28. The van der Waals surface area contributed by atoms with Crippen LogP contribution in [0.5, 0.6) is 11.5 Å². The number of benzene rings is 2. The average molecular weight is 405 g/mol. The SMILES string of the molecule is COc1ccc(OC)c(S(=O)(=O)NC(c2cccc(F)c2)c2nccn2C)c1. The van der Waals surface area contributed by atoms with E-state index < -0.39 is 21.9 Å². The Labute approximate surface area is 162 Å². The lowest BCUT2D eigenvalue weighted by Gasteiger charge is -2.20. The van der Waals surface area contributed by atoms with Crippen LogP contribution >= 0.6 is 0 Å². The van der Waals surface area contributed by atoms with E-state index >= 15 is 0 Å². The van der Waals surface area contributed by atoms with Gasteiger partial charge in [-0.25, -0.2) is 17.8 Å². The highest BCUT2D eigenvalue weighted by atomic mass is 32.2. The number of nitrogens with zero attached hydrogens (tertiary/aromatic N) is 2. The molecule has 0 aliphatic carbocycles. The van der Waals surface area contributed by atoms with E-state index in [4.69, 9.17) is 9.47 Å². The first-order valence-corrected chi connectivity index (χ1v) is 9.81. The Bertz CT molecular complexity index is 1080. The second-order valence-electron chi connectivity index (χ2n) is 6.02. The molecule has 0 aliphatic rings. The van der Waals surface area contributed by atoms with Crippen molar-refractivity contribution < 1.29 is 22.3 Å². The van der Waals surface area contributed by atoms with E-state index in [0.717, 1.165) is 0 Å². The molecule has 3 rings (SSSR count). The standard InChI is InChI=1S/C19H20FN3O4S/c1-23-10-9-21-19(23)18(13-5-4-6-14(20)11-13)22-28(24,25)17-12-15(26-2)7-8-16(17)27-3/h4-12,18,22H,1-3H3. The van der Waals surface area contributed by atoms with Gasteiger partial charge in [-0.3, -0.25) is 0 Å². The van der Waals surface area contributed by atoms with Crippen molar-refractivity contribution in [3.8, 4) is 11.5 Å². The fraction of sp³-hybridized carbons (Fsp3) is 0.211. The van der Waals surface area contributed by atoms with Crippen LogP contribution in [0.4, 0.5) is 4.39 Å². The van der Waals surface area contributed by atoms with Gasteiger partial charge in [-0.1, -0.05) is 12.1 Å². The summed E-state index contributed by atoms with van der Waals surface area (Å²) in [6.45, 7) is 0. The van der Waals surface area contributed by atoms with Gasteiger partial charge in [0.2, 0.25) is 10.0 Å². The van der Waals surface area contributed by atoms with Crippen molar-refractivity contribution in [3.05, 3.63) is 72.1 Å². The van der Waals surface area contributed by atoms with Gasteiger partial charge in [0.25, 0.3) is 0 Å². The highest BCUT2D eigenvalue weighted by molar-refractivity contribution is 7.89. The molecule has 0 spiro atoms. The van der Waals surface area contributed by atoms with E-state index in [1.54, 1.807) is 36.1 Å². The van der Waals surface area contributed by atoms with E-state index in [9.17, 15) is 12.8 Å². The van der Waals surface area contributed by atoms with Gasteiger partial charge in [-0.2, -0.15) is 4.72 Å². The molecule has 0 saturated carbocycles. The molecule has 1 aromatic heterocycles. The van der Waals surface area contributed by atoms with Crippen LogP contribution in [0.25, 0.3) is 0 Å². The van der Waals surface area contributed by atoms with Gasteiger partial charge in [0.05, 0.1) is 14.2 Å². The second-order valence-corrected chi connectivity index (χ2v) is 7.70. The van der Waals surface area contributed by atoms with Crippen molar-refractivity contribution in [3.63, 3.8) is 0 Å². The van der Waals surface area contributed by atoms with Crippen LogP contribution in [0.1, 0.15) is 17.4 Å². The Hall–Kier alpha value is -2.91. The zero-order chi connectivity index (χ0) is 20.3. The smallest absolute Gasteiger partial charge is 0.245 e. The van der Waals surface area contributed by atoms with Crippen molar-refractivity contribution in [1.29, 1.82) is 0 Å². The van der Waals surface area contributed by atoms with Crippen LogP contribution in [0.3, 0.4) is 0 Å². The molecule has 28 heavy (non-hydrogen) atoms. The lowest BCUT2D eigenvalue weighted by Crippen LogP contribution is -2.31. The van der Waals surface area contributed by atoms with Gasteiger partial charge >= 0.3 is 0 Å². The fourth-order valence-electron chi connectivity index (χ4n) is 2.82. The van der Waals surface area contributed by atoms with Gasteiger partial charge in [0, 0.05) is 25.5 Å². The molecule has 0 aliphatic heterocycles. The first-order valence-electron chi connectivity index (χ1n) is 8.32. The maximum atomic E-state index is 13.8. The van der Waals surface area contributed by atoms with Crippen molar-refractivity contribution in [2.45, 2.75) is 10.9 Å². The molecule has 1 unspecified atom stereocenters. The molecule has 0 fully saturated rings. The fourth-order valence-corrected chi connectivity index (χ4v) is 4.19. The van der Waals surface area contributed by atoms with E-state index in [-0.39, 0.29) is 10.6 Å². The van der Waals surface area contributed by atoms with Crippen LogP contribution in [-0.2, 0) is 17.1 Å². The molecule has 148 valence electrons. The molecule has 9 heteroatoms. The molecule has 1 N–H and O–H groups in total. The summed E-state index contributed by atoms with van der Waals surface area (Å²) in [5.41, 5.74) is 0.416. The normalized spacial score (nSPS) is 12.6. The summed E-state index contributed by atoms with van der Waals surface area (Å²) in [5, 5.41) is 0. The van der Waals surface area contributed by atoms with Crippen LogP contribution < -0.4 is 14.2 Å². The lowest BCUT2D eigenvalue weighted by atomic mass is 10.1. The van der Waals surface area contributed by atoms with E-state index in [1.807, 2.05) is 0 Å². The van der Waals surface area contributed by atoms with E-state index in [1.165, 1.54) is 44.6 Å². The number of methoxy groups -OCH3 is 2. The van der Waals surface area contributed by atoms with Gasteiger partial charge in [0.15, 0.2) is 0 Å². The Morgan fingerprint density at radius 1 is 1.14 bits per heavy atom. The monoisotopic (exact) mass is 405 g/mol. The summed E-state index contributed by atoms with van der Waals surface area (Å²) in [6.07, 6.45) is 3.23. The predicted octanol–water partition coefficient (Wildman–Crippen LogP) is 2.64. The number of nitrogens with one attached hydrogen (secondary N) is 1. The third-order valence-electron chi connectivity index (χ3n) is 4.23. The number of rotatable bonds is 7. The van der Waals surface area contributed by atoms with Crippen molar-refractivity contribution >= 4 is 10.0 Å². The van der Waals surface area contributed by atoms with Crippen LogP contribution in [0.2, 0.25) is 0 Å². The number of aryl methyl sites for hydroxylation is 1. The molecule has 2 aromatic carbocycles. The largest absolute Gasteiger partial charge is 0.497 e. The number of aromatic nitrogens is 2. The van der Waals surface area contributed by atoms with Crippen LogP contribution in [0.15, 0.2) is 59.8 Å². The highest BCUT2D eigenvalue weighted by Crippen LogP contribution is 2.30. The molecule has 0 radical (unpaired) electrons. The molecular weight excluding hydrogens is 385 g/mol. The molecular formula is C19H20FN3O4S. The average Bonchev–Trinajstić information content (AvgIpc) is 3.11. The zero-order valence-electron chi connectivity index (χ0n) is 15.6. The van der Waals surface area contributed by atoms with Crippen molar-refractivity contribution in [2.24, 2.45) is 7.05 Å². The van der Waals surface area contributed by atoms with Crippen molar-refractivity contribution in [2.75, 3.05) is 14.2 Å². The molecule has 0 saturated heterocycles. The second kappa shape index (κ2) is 7.99. The minimum atomic E-state index is -4.07.